The maximum Gasteiger partial charge on any atom is 0.303 e. The molecule has 6 nitrogen and oxygen atoms in total. The predicted molar refractivity (Wildman–Crippen MR) is 78.4 cm³/mol. The topological polar surface area (TPSA) is 85.4 Å². The summed E-state index contributed by atoms with van der Waals surface area (Å²) in [5, 5.41) is 21.4. The van der Waals surface area contributed by atoms with Crippen LogP contribution in [0.4, 0.5) is 0 Å². The molecular weight excluding hydrogens is 244 g/mol. The van der Waals surface area contributed by atoms with E-state index in [2.05, 4.69) is 21.3 Å². The SMILES string of the molecule is CNCCNCCCCCNCNCCCC(=O)O. The molecule has 0 radical (unpaired) electrons. The number of nitrogens with one attached hydrogen (secondary N) is 4. The van der Waals surface area contributed by atoms with Crippen LogP contribution in [0.5, 0.6) is 0 Å². The molecule has 0 aromatic rings. The summed E-state index contributed by atoms with van der Waals surface area (Å²) in [5.41, 5.74) is 0. The lowest BCUT2D eigenvalue weighted by molar-refractivity contribution is -0.137. The Kier molecular flexibility index (Phi) is 14.8. The molecule has 114 valence electrons. The van der Waals surface area contributed by atoms with E-state index in [1.165, 1.54) is 19.3 Å². The molecule has 0 fully saturated rings. The van der Waals surface area contributed by atoms with Gasteiger partial charge in [-0.2, -0.15) is 0 Å². The summed E-state index contributed by atoms with van der Waals surface area (Å²) in [6.07, 6.45) is 4.57. The number of aliphatic carboxylic acids is 1. The zero-order valence-corrected chi connectivity index (χ0v) is 12.1. The second-order valence-electron chi connectivity index (χ2n) is 4.59. The van der Waals surface area contributed by atoms with Crippen LogP contribution in [0.1, 0.15) is 32.1 Å². The van der Waals surface area contributed by atoms with Gasteiger partial charge in [0.1, 0.15) is 0 Å². The molecule has 0 aliphatic heterocycles. The van der Waals surface area contributed by atoms with Gasteiger partial charge in [-0.3, -0.25) is 4.79 Å². The second-order valence-corrected chi connectivity index (χ2v) is 4.59. The Labute approximate surface area is 116 Å². The lowest BCUT2D eigenvalue weighted by Gasteiger charge is -2.07. The van der Waals surface area contributed by atoms with Crippen molar-refractivity contribution >= 4 is 5.97 Å². The van der Waals surface area contributed by atoms with Crippen molar-refractivity contribution in [3.05, 3.63) is 0 Å². The van der Waals surface area contributed by atoms with Crippen LogP contribution in [0.15, 0.2) is 0 Å². The highest BCUT2D eigenvalue weighted by molar-refractivity contribution is 5.66. The van der Waals surface area contributed by atoms with Gasteiger partial charge >= 0.3 is 5.97 Å². The van der Waals surface area contributed by atoms with Crippen molar-refractivity contribution in [2.75, 3.05) is 46.4 Å². The van der Waals surface area contributed by atoms with Gasteiger partial charge in [-0.1, -0.05) is 6.42 Å². The molecule has 0 heterocycles. The van der Waals surface area contributed by atoms with E-state index in [1.54, 1.807) is 0 Å². The molecule has 0 saturated heterocycles. The fourth-order valence-electron chi connectivity index (χ4n) is 1.64. The van der Waals surface area contributed by atoms with Crippen LogP contribution >= 0.6 is 0 Å². The molecule has 0 aromatic heterocycles. The molecular formula is C13H30N4O2. The molecule has 0 rings (SSSR count). The minimum absolute atomic E-state index is 0.244. The second kappa shape index (κ2) is 15.4. The van der Waals surface area contributed by atoms with Crippen molar-refractivity contribution < 1.29 is 9.90 Å². The molecule has 0 spiro atoms. The maximum absolute atomic E-state index is 10.3. The molecule has 0 aliphatic carbocycles. The summed E-state index contributed by atoms with van der Waals surface area (Å²) in [5.74, 6) is -0.724. The van der Waals surface area contributed by atoms with Crippen molar-refractivity contribution in [1.29, 1.82) is 0 Å². The third kappa shape index (κ3) is 17.3. The molecule has 0 aromatic carbocycles. The van der Waals surface area contributed by atoms with E-state index in [9.17, 15) is 4.79 Å². The van der Waals surface area contributed by atoms with Crippen LogP contribution in [0.3, 0.4) is 0 Å². The summed E-state index contributed by atoms with van der Waals surface area (Å²) in [6.45, 7) is 5.69. The van der Waals surface area contributed by atoms with Crippen LogP contribution < -0.4 is 21.3 Å². The zero-order chi connectivity index (χ0) is 14.2. The summed E-state index contributed by atoms with van der Waals surface area (Å²) >= 11 is 0. The standard InChI is InChI=1S/C13H30N4O2/c1-14-10-11-15-7-3-2-4-8-16-12-17-9-5-6-13(18)19/h14-17H,2-12H2,1H3,(H,18,19). The monoisotopic (exact) mass is 274 g/mol. The first-order valence-corrected chi connectivity index (χ1v) is 7.26. The van der Waals surface area contributed by atoms with Gasteiger partial charge in [0.05, 0.1) is 0 Å². The summed E-state index contributed by atoms with van der Waals surface area (Å²) < 4.78 is 0. The van der Waals surface area contributed by atoms with Gasteiger partial charge in [0.25, 0.3) is 0 Å². The third-order valence-corrected chi connectivity index (χ3v) is 2.75. The van der Waals surface area contributed by atoms with E-state index in [-0.39, 0.29) is 6.42 Å². The van der Waals surface area contributed by atoms with Gasteiger partial charge in [0.2, 0.25) is 0 Å². The fraction of sp³-hybridized carbons (Fsp3) is 0.923. The van der Waals surface area contributed by atoms with Gasteiger partial charge in [-0.05, 0) is 45.9 Å². The first-order chi connectivity index (χ1) is 9.27. The summed E-state index contributed by atoms with van der Waals surface area (Å²) in [4.78, 5) is 10.3. The zero-order valence-electron chi connectivity index (χ0n) is 12.1. The number of carbonyl (C=O) groups is 1. The lowest BCUT2D eigenvalue weighted by Crippen LogP contribution is -2.30. The minimum atomic E-state index is -0.724. The van der Waals surface area contributed by atoms with E-state index in [1.807, 2.05) is 7.05 Å². The normalized spacial score (nSPS) is 10.8. The Morgan fingerprint density at radius 1 is 0.842 bits per heavy atom. The average Bonchev–Trinajstić information content (AvgIpc) is 2.39. The molecule has 19 heavy (non-hydrogen) atoms. The smallest absolute Gasteiger partial charge is 0.303 e. The molecule has 0 atom stereocenters. The number of unbranched alkanes of at least 4 members (excludes halogenated alkanes) is 2. The van der Waals surface area contributed by atoms with E-state index in [4.69, 9.17) is 5.11 Å². The van der Waals surface area contributed by atoms with Crippen molar-refractivity contribution in [2.24, 2.45) is 0 Å². The fourth-order valence-corrected chi connectivity index (χ4v) is 1.64. The average molecular weight is 274 g/mol. The molecule has 0 aliphatic rings. The number of likely N-dealkylation sites (N-methyl/N-ethyl adjacent to an activating group) is 1. The summed E-state index contributed by atoms with van der Waals surface area (Å²) in [6, 6.07) is 0. The van der Waals surface area contributed by atoms with E-state index >= 15 is 0 Å². The Bertz CT molecular complexity index is 203. The molecule has 0 unspecified atom stereocenters. The largest absolute Gasteiger partial charge is 0.481 e. The highest BCUT2D eigenvalue weighted by atomic mass is 16.4. The van der Waals surface area contributed by atoms with E-state index in [0.29, 0.717) is 6.42 Å². The Morgan fingerprint density at radius 2 is 1.47 bits per heavy atom. The van der Waals surface area contributed by atoms with E-state index < -0.39 is 5.97 Å². The summed E-state index contributed by atoms with van der Waals surface area (Å²) in [7, 11) is 1.96. The number of carboxylic acid groups (broad SMARTS) is 1. The lowest BCUT2D eigenvalue weighted by atomic mass is 10.2. The molecule has 0 amide bonds. The Morgan fingerprint density at radius 3 is 2.11 bits per heavy atom. The van der Waals surface area contributed by atoms with Crippen molar-refractivity contribution in [3.8, 4) is 0 Å². The predicted octanol–water partition coefficient (Wildman–Crippen LogP) is -0.0328. The Balaban J connectivity index is 2.93. The minimum Gasteiger partial charge on any atom is -0.481 e. The highest BCUT2D eigenvalue weighted by Gasteiger charge is 1.95. The van der Waals surface area contributed by atoms with Crippen molar-refractivity contribution in [3.63, 3.8) is 0 Å². The highest BCUT2D eigenvalue weighted by Crippen LogP contribution is 1.91. The third-order valence-electron chi connectivity index (χ3n) is 2.75. The molecule has 0 saturated carbocycles. The van der Waals surface area contributed by atoms with Gasteiger partial charge in [-0.15, -0.1) is 0 Å². The van der Waals surface area contributed by atoms with Crippen molar-refractivity contribution in [1.82, 2.24) is 21.3 Å². The van der Waals surface area contributed by atoms with Crippen molar-refractivity contribution in [2.45, 2.75) is 32.1 Å². The van der Waals surface area contributed by atoms with Gasteiger partial charge in [-0.25, -0.2) is 0 Å². The van der Waals surface area contributed by atoms with Crippen LogP contribution in [0, 0.1) is 0 Å². The molecule has 6 heteroatoms. The number of hydrogen-bond donors (Lipinski definition) is 5. The van der Waals surface area contributed by atoms with Gasteiger partial charge < -0.3 is 26.4 Å². The maximum atomic E-state index is 10.3. The quantitative estimate of drug-likeness (QED) is 0.213. The van der Waals surface area contributed by atoms with Crippen LogP contribution in [-0.2, 0) is 4.79 Å². The van der Waals surface area contributed by atoms with Gasteiger partial charge in [0.15, 0.2) is 0 Å². The van der Waals surface area contributed by atoms with Crippen LogP contribution in [0.2, 0.25) is 0 Å². The molecule has 5 N–H and O–H groups in total. The van der Waals surface area contributed by atoms with Gasteiger partial charge in [0, 0.05) is 26.2 Å². The Hall–Kier alpha value is -0.690. The number of carboxylic acids is 1. The first kappa shape index (κ1) is 18.3. The van der Waals surface area contributed by atoms with Crippen LogP contribution in [0.25, 0.3) is 0 Å². The van der Waals surface area contributed by atoms with Crippen LogP contribution in [-0.4, -0.2) is 57.5 Å². The first-order valence-electron chi connectivity index (χ1n) is 7.26. The number of rotatable bonds is 15. The van der Waals surface area contributed by atoms with E-state index in [0.717, 1.165) is 39.4 Å². The number of hydrogen-bond acceptors (Lipinski definition) is 5. The molecule has 0 bridgehead atoms.